The molecule has 0 bridgehead atoms. The Bertz CT molecular complexity index is 302. The highest BCUT2D eigenvalue weighted by atomic mass is 35.5. The van der Waals surface area contributed by atoms with Crippen LogP contribution in [0.2, 0.25) is 5.02 Å². The van der Waals surface area contributed by atoms with Crippen molar-refractivity contribution in [3.63, 3.8) is 0 Å². The molecule has 13 heavy (non-hydrogen) atoms. The van der Waals surface area contributed by atoms with Gasteiger partial charge in [-0.15, -0.1) is 0 Å². The van der Waals surface area contributed by atoms with Crippen molar-refractivity contribution < 1.29 is 5.11 Å². The molecule has 0 aromatic heterocycles. The van der Waals surface area contributed by atoms with Crippen molar-refractivity contribution in [2.45, 2.75) is 19.1 Å². The predicted molar refractivity (Wildman–Crippen MR) is 54.5 cm³/mol. The minimum atomic E-state index is -0.638. The molecule has 0 amide bonds. The summed E-state index contributed by atoms with van der Waals surface area (Å²) in [6.07, 6.45) is -0.638. The van der Waals surface area contributed by atoms with Gasteiger partial charge in [0.25, 0.3) is 0 Å². The first-order valence-electron chi connectivity index (χ1n) is 4.01. The lowest BCUT2D eigenvalue weighted by molar-refractivity contribution is 0.164. The van der Waals surface area contributed by atoms with E-state index in [9.17, 15) is 5.11 Å². The third-order valence-electron chi connectivity index (χ3n) is 1.93. The zero-order valence-corrected chi connectivity index (χ0v) is 8.12. The Hall–Kier alpha value is -0.770. The zero-order chi connectivity index (χ0) is 10.0. The first-order valence-corrected chi connectivity index (χ1v) is 4.38. The number of hydrogen-bond acceptors (Lipinski definition) is 3. The highest BCUT2D eigenvalue weighted by Gasteiger charge is 2.14. The molecule has 1 aromatic rings. The Morgan fingerprint density at radius 1 is 1.46 bits per heavy atom. The van der Waals surface area contributed by atoms with Gasteiger partial charge < -0.3 is 16.6 Å². The molecule has 0 saturated carbocycles. The number of anilines is 1. The van der Waals surface area contributed by atoms with Gasteiger partial charge in [0.2, 0.25) is 0 Å². The van der Waals surface area contributed by atoms with Crippen molar-refractivity contribution in [1.82, 2.24) is 0 Å². The van der Waals surface area contributed by atoms with E-state index < -0.39 is 12.1 Å². The lowest BCUT2D eigenvalue weighted by Crippen LogP contribution is -2.24. The maximum atomic E-state index is 9.27. The number of aliphatic hydroxyl groups excluding tert-OH is 1. The van der Waals surface area contributed by atoms with E-state index in [0.29, 0.717) is 16.3 Å². The van der Waals surface area contributed by atoms with Gasteiger partial charge in [0.05, 0.1) is 12.1 Å². The Morgan fingerprint density at radius 2 is 2.08 bits per heavy atom. The van der Waals surface area contributed by atoms with E-state index in [1.165, 1.54) is 0 Å². The van der Waals surface area contributed by atoms with Crippen molar-refractivity contribution >= 4 is 17.3 Å². The molecule has 0 spiro atoms. The molecule has 0 aliphatic heterocycles. The molecule has 1 rings (SSSR count). The predicted octanol–water partition coefficient (Wildman–Crippen LogP) is 1.30. The van der Waals surface area contributed by atoms with Gasteiger partial charge in [0.1, 0.15) is 0 Å². The summed E-state index contributed by atoms with van der Waals surface area (Å²) in [6.45, 7) is 1.62. The maximum Gasteiger partial charge on any atom is 0.0705 e. The van der Waals surface area contributed by atoms with Gasteiger partial charge in [-0.1, -0.05) is 11.6 Å². The van der Waals surface area contributed by atoms with E-state index in [0.717, 1.165) is 0 Å². The molecule has 1 aromatic carbocycles. The van der Waals surface area contributed by atoms with E-state index >= 15 is 0 Å². The second-order valence-electron chi connectivity index (χ2n) is 3.04. The van der Waals surface area contributed by atoms with Crippen LogP contribution in [0, 0.1) is 0 Å². The topological polar surface area (TPSA) is 72.3 Å². The first kappa shape index (κ1) is 10.3. The van der Waals surface area contributed by atoms with Gasteiger partial charge >= 0.3 is 0 Å². The zero-order valence-electron chi connectivity index (χ0n) is 7.37. The molecule has 0 heterocycles. The third kappa shape index (κ3) is 2.34. The number of nitrogens with two attached hydrogens (primary N) is 2. The smallest absolute Gasteiger partial charge is 0.0705 e. The van der Waals surface area contributed by atoms with Crippen LogP contribution in [0.5, 0.6) is 0 Å². The third-order valence-corrected chi connectivity index (χ3v) is 2.16. The molecule has 0 fully saturated rings. The number of rotatable bonds is 2. The summed E-state index contributed by atoms with van der Waals surface area (Å²) < 4.78 is 0. The van der Waals surface area contributed by atoms with Crippen LogP contribution in [-0.4, -0.2) is 11.2 Å². The second-order valence-corrected chi connectivity index (χ2v) is 3.48. The molecule has 72 valence electrons. The van der Waals surface area contributed by atoms with Crippen molar-refractivity contribution in [3.05, 3.63) is 28.8 Å². The van der Waals surface area contributed by atoms with Crippen LogP contribution in [0.4, 0.5) is 5.69 Å². The average molecular weight is 201 g/mol. The molecule has 0 saturated heterocycles. The van der Waals surface area contributed by atoms with Crippen LogP contribution < -0.4 is 11.5 Å². The van der Waals surface area contributed by atoms with Crippen molar-refractivity contribution in [3.8, 4) is 0 Å². The number of benzene rings is 1. The van der Waals surface area contributed by atoms with Gasteiger partial charge in [0.15, 0.2) is 0 Å². The SMILES string of the molecule is C[C@@H](O)[C@@H](N)c1cc(Cl)ccc1N. The first-order chi connectivity index (χ1) is 6.02. The number of halogens is 1. The van der Waals surface area contributed by atoms with Crippen LogP contribution in [0.15, 0.2) is 18.2 Å². The van der Waals surface area contributed by atoms with E-state index in [4.69, 9.17) is 23.1 Å². The number of aliphatic hydroxyl groups is 1. The number of nitrogen functional groups attached to an aromatic ring is 1. The summed E-state index contributed by atoms with van der Waals surface area (Å²) in [5.41, 5.74) is 12.6. The van der Waals surface area contributed by atoms with Gasteiger partial charge in [-0.25, -0.2) is 0 Å². The molecule has 0 unspecified atom stereocenters. The fraction of sp³-hybridized carbons (Fsp3) is 0.333. The molecule has 3 nitrogen and oxygen atoms in total. The summed E-state index contributed by atoms with van der Waals surface area (Å²) in [6, 6.07) is 4.56. The fourth-order valence-corrected chi connectivity index (χ4v) is 1.27. The standard InChI is InChI=1S/C9H13ClN2O/c1-5(13)9(12)7-4-6(10)2-3-8(7)11/h2-5,9,13H,11-12H2,1H3/t5-,9-/m1/s1. The molecule has 5 N–H and O–H groups in total. The van der Waals surface area contributed by atoms with Gasteiger partial charge in [0, 0.05) is 10.7 Å². The maximum absolute atomic E-state index is 9.27. The van der Waals surface area contributed by atoms with E-state index in [1.807, 2.05) is 0 Å². The molecule has 0 aliphatic carbocycles. The van der Waals surface area contributed by atoms with Crippen LogP contribution >= 0.6 is 11.6 Å². The summed E-state index contributed by atoms with van der Waals surface area (Å²) in [7, 11) is 0. The van der Waals surface area contributed by atoms with E-state index in [-0.39, 0.29) is 0 Å². The van der Waals surface area contributed by atoms with E-state index in [1.54, 1.807) is 25.1 Å². The second kappa shape index (κ2) is 3.96. The quantitative estimate of drug-likeness (QED) is 0.631. The molecule has 2 atom stereocenters. The van der Waals surface area contributed by atoms with Crippen LogP contribution in [0.25, 0.3) is 0 Å². The van der Waals surface area contributed by atoms with Crippen molar-refractivity contribution in [1.29, 1.82) is 0 Å². The summed E-state index contributed by atoms with van der Waals surface area (Å²) in [5.74, 6) is 0. The minimum Gasteiger partial charge on any atom is -0.398 e. The van der Waals surface area contributed by atoms with Crippen molar-refractivity contribution in [2.24, 2.45) is 5.73 Å². The summed E-state index contributed by atoms with van der Waals surface area (Å²) >= 11 is 5.77. The Kier molecular flexibility index (Phi) is 3.14. The summed E-state index contributed by atoms with van der Waals surface area (Å²) in [4.78, 5) is 0. The molecular formula is C9H13ClN2O. The van der Waals surface area contributed by atoms with E-state index in [2.05, 4.69) is 0 Å². The Labute approximate surface area is 82.3 Å². The minimum absolute atomic E-state index is 0.487. The lowest BCUT2D eigenvalue weighted by atomic mass is 10.0. The van der Waals surface area contributed by atoms with Crippen LogP contribution in [0.1, 0.15) is 18.5 Å². The normalized spacial score (nSPS) is 15.4. The Balaban J connectivity index is 3.05. The monoisotopic (exact) mass is 200 g/mol. The summed E-state index contributed by atoms with van der Waals surface area (Å²) in [5, 5.41) is 9.84. The van der Waals surface area contributed by atoms with Crippen LogP contribution in [-0.2, 0) is 0 Å². The molecular weight excluding hydrogens is 188 g/mol. The Morgan fingerprint density at radius 3 is 2.62 bits per heavy atom. The van der Waals surface area contributed by atoms with Gasteiger partial charge in [-0.3, -0.25) is 0 Å². The van der Waals surface area contributed by atoms with Crippen LogP contribution in [0.3, 0.4) is 0 Å². The lowest BCUT2D eigenvalue weighted by Gasteiger charge is -2.17. The van der Waals surface area contributed by atoms with Gasteiger partial charge in [-0.05, 0) is 30.7 Å². The average Bonchev–Trinajstić information content (AvgIpc) is 2.08. The van der Waals surface area contributed by atoms with Gasteiger partial charge in [-0.2, -0.15) is 0 Å². The fourth-order valence-electron chi connectivity index (χ4n) is 1.09. The molecule has 0 radical (unpaired) electrons. The van der Waals surface area contributed by atoms with Crippen molar-refractivity contribution in [2.75, 3.05) is 5.73 Å². The largest absolute Gasteiger partial charge is 0.398 e. The molecule has 4 heteroatoms. The highest BCUT2D eigenvalue weighted by molar-refractivity contribution is 6.30. The number of hydrogen-bond donors (Lipinski definition) is 3. The highest BCUT2D eigenvalue weighted by Crippen LogP contribution is 2.24. The molecule has 0 aliphatic rings.